The van der Waals surface area contributed by atoms with Crippen molar-refractivity contribution in [2.75, 3.05) is 7.05 Å². The minimum Gasteiger partial charge on any atom is -0.307 e. The third-order valence-corrected chi connectivity index (χ3v) is 1.90. The van der Waals surface area contributed by atoms with Crippen molar-refractivity contribution in [2.45, 2.75) is 45.1 Å². The van der Waals surface area contributed by atoms with Gasteiger partial charge in [0.15, 0.2) is 0 Å². The fourth-order valence-electron chi connectivity index (χ4n) is 1.09. The molecule has 11 heavy (non-hydrogen) atoms. The van der Waals surface area contributed by atoms with Crippen LogP contribution in [0.4, 0.5) is 0 Å². The summed E-state index contributed by atoms with van der Waals surface area (Å²) in [6.07, 6.45) is 11.6. The number of hydrogen-bond acceptors (Lipinski definition) is 1. The van der Waals surface area contributed by atoms with Crippen LogP contribution in [0.5, 0.6) is 0 Å². The maximum atomic E-state index is 5.29. The minimum atomic E-state index is 0.284. The molecule has 1 heteroatoms. The molecule has 0 aliphatic heterocycles. The van der Waals surface area contributed by atoms with Gasteiger partial charge in [0.05, 0.1) is 6.04 Å². The van der Waals surface area contributed by atoms with Crippen LogP contribution in [0, 0.1) is 12.3 Å². The van der Waals surface area contributed by atoms with Gasteiger partial charge in [-0.3, -0.25) is 0 Å². The van der Waals surface area contributed by atoms with Gasteiger partial charge in [-0.1, -0.05) is 38.5 Å². The van der Waals surface area contributed by atoms with Crippen LogP contribution >= 0.6 is 0 Å². The summed E-state index contributed by atoms with van der Waals surface area (Å²) >= 11 is 0. The number of terminal acetylenes is 1. The normalized spacial score (nSPS) is 12.5. The molecule has 1 unspecified atom stereocenters. The highest BCUT2D eigenvalue weighted by Crippen LogP contribution is 2.04. The van der Waals surface area contributed by atoms with Gasteiger partial charge in [-0.25, -0.2) is 0 Å². The Labute approximate surface area is 70.6 Å². The van der Waals surface area contributed by atoms with E-state index in [1.807, 2.05) is 7.05 Å². The summed E-state index contributed by atoms with van der Waals surface area (Å²) < 4.78 is 0. The highest BCUT2D eigenvalue weighted by atomic mass is 14.8. The first-order valence-electron chi connectivity index (χ1n) is 4.48. The van der Waals surface area contributed by atoms with Crippen molar-refractivity contribution in [1.29, 1.82) is 0 Å². The molecule has 1 N–H and O–H groups in total. The predicted molar refractivity (Wildman–Crippen MR) is 50.4 cm³/mol. The van der Waals surface area contributed by atoms with Crippen molar-refractivity contribution in [3.05, 3.63) is 0 Å². The molecule has 0 saturated heterocycles. The van der Waals surface area contributed by atoms with Gasteiger partial charge in [0.25, 0.3) is 0 Å². The number of rotatable bonds is 6. The van der Waals surface area contributed by atoms with Crippen molar-refractivity contribution in [3.63, 3.8) is 0 Å². The molecule has 0 bridgehead atoms. The van der Waals surface area contributed by atoms with Crippen LogP contribution < -0.4 is 5.32 Å². The predicted octanol–water partition coefficient (Wildman–Crippen LogP) is 2.18. The largest absolute Gasteiger partial charge is 0.307 e. The number of hydrogen-bond donors (Lipinski definition) is 1. The van der Waals surface area contributed by atoms with E-state index in [4.69, 9.17) is 6.42 Å². The Morgan fingerprint density at radius 1 is 1.36 bits per heavy atom. The highest BCUT2D eigenvalue weighted by Gasteiger charge is 1.98. The Hall–Kier alpha value is -0.480. The molecule has 0 heterocycles. The number of unbranched alkanes of at least 4 members (excludes halogenated alkanes) is 3. The lowest BCUT2D eigenvalue weighted by Crippen LogP contribution is -2.22. The van der Waals surface area contributed by atoms with Crippen LogP contribution in [-0.2, 0) is 0 Å². The van der Waals surface area contributed by atoms with Crippen LogP contribution in [0.25, 0.3) is 0 Å². The van der Waals surface area contributed by atoms with Crippen LogP contribution in [0.3, 0.4) is 0 Å². The van der Waals surface area contributed by atoms with E-state index in [1.165, 1.54) is 25.7 Å². The van der Waals surface area contributed by atoms with Crippen molar-refractivity contribution < 1.29 is 0 Å². The minimum absolute atomic E-state index is 0.284. The zero-order chi connectivity index (χ0) is 8.53. The van der Waals surface area contributed by atoms with Crippen molar-refractivity contribution in [1.82, 2.24) is 5.32 Å². The van der Waals surface area contributed by atoms with E-state index >= 15 is 0 Å². The van der Waals surface area contributed by atoms with Crippen LogP contribution in [0.2, 0.25) is 0 Å². The first-order chi connectivity index (χ1) is 5.35. The van der Waals surface area contributed by atoms with Gasteiger partial charge in [0.1, 0.15) is 0 Å². The molecular weight excluding hydrogens is 134 g/mol. The Kier molecular flexibility index (Phi) is 7.29. The molecule has 0 rings (SSSR count). The highest BCUT2D eigenvalue weighted by molar-refractivity contribution is 4.97. The lowest BCUT2D eigenvalue weighted by atomic mass is 10.1. The first kappa shape index (κ1) is 10.5. The molecule has 0 aromatic rings. The Balaban J connectivity index is 3.16. The maximum absolute atomic E-state index is 5.29. The van der Waals surface area contributed by atoms with E-state index in [-0.39, 0.29) is 6.04 Å². The van der Waals surface area contributed by atoms with Gasteiger partial charge in [0.2, 0.25) is 0 Å². The topological polar surface area (TPSA) is 12.0 Å². The quantitative estimate of drug-likeness (QED) is 0.455. The summed E-state index contributed by atoms with van der Waals surface area (Å²) in [5.74, 6) is 2.72. The van der Waals surface area contributed by atoms with Crippen LogP contribution in [-0.4, -0.2) is 13.1 Å². The van der Waals surface area contributed by atoms with Gasteiger partial charge in [0, 0.05) is 0 Å². The van der Waals surface area contributed by atoms with Gasteiger partial charge in [-0.05, 0) is 13.5 Å². The summed E-state index contributed by atoms with van der Waals surface area (Å²) in [5.41, 5.74) is 0. The first-order valence-corrected chi connectivity index (χ1v) is 4.48. The Morgan fingerprint density at radius 2 is 2.09 bits per heavy atom. The molecule has 1 nitrogen and oxygen atoms in total. The molecule has 0 radical (unpaired) electrons. The molecule has 0 aromatic heterocycles. The second-order valence-corrected chi connectivity index (χ2v) is 2.86. The lowest BCUT2D eigenvalue weighted by molar-refractivity contribution is 0.561. The Morgan fingerprint density at radius 3 is 2.55 bits per heavy atom. The molecule has 0 spiro atoms. The lowest BCUT2D eigenvalue weighted by Gasteiger charge is -2.07. The van der Waals surface area contributed by atoms with E-state index in [9.17, 15) is 0 Å². The summed E-state index contributed by atoms with van der Waals surface area (Å²) in [7, 11) is 1.92. The zero-order valence-corrected chi connectivity index (χ0v) is 7.69. The fourth-order valence-corrected chi connectivity index (χ4v) is 1.09. The smallest absolute Gasteiger partial charge is 0.0684 e. The zero-order valence-electron chi connectivity index (χ0n) is 7.69. The van der Waals surface area contributed by atoms with Gasteiger partial charge in [-0.2, -0.15) is 0 Å². The molecule has 0 fully saturated rings. The maximum Gasteiger partial charge on any atom is 0.0684 e. The molecule has 0 aliphatic carbocycles. The Bertz CT molecular complexity index is 113. The molecular formula is C10H19N. The third kappa shape index (κ3) is 5.94. The van der Waals surface area contributed by atoms with E-state index in [0.717, 1.165) is 6.42 Å². The SMILES string of the molecule is C#CC(CCCCCC)NC. The molecule has 0 aliphatic rings. The fraction of sp³-hybridized carbons (Fsp3) is 0.800. The van der Waals surface area contributed by atoms with Gasteiger partial charge in [-0.15, -0.1) is 6.42 Å². The van der Waals surface area contributed by atoms with Gasteiger partial charge >= 0.3 is 0 Å². The molecule has 1 atom stereocenters. The van der Waals surface area contributed by atoms with Crippen LogP contribution in [0.1, 0.15) is 39.0 Å². The van der Waals surface area contributed by atoms with E-state index in [2.05, 4.69) is 18.2 Å². The van der Waals surface area contributed by atoms with Crippen LogP contribution in [0.15, 0.2) is 0 Å². The average Bonchev–Trinajstić information content (AvgIpc) is 2.05. The molecule has 0 aromatic carbocycles. The molecule has 0 amide bonds. The third-order valence-electron chi connectivity index (χ3n) is 1.90. The number of nitrogens with one attached hydrogen (secondary N) is 1. The van der Waals surface area contributed by atoms with E-state index in [0.29, 0.717) is 0 Å². The second-order valence-electron chi connectivity index (χ2n) is 2.86. The average molecular weight is 153 g/mol. The summed E-state index contributed by atoms with van der Waals surface area (Å²) in [4.78, 5) is 0. The van der Waals surface area contributed by atoms with Crippen molar-refractivity contribution in [3.8, 4) is 12.3 Å². The standard InChI is InChI=1S/C10H19N/c1-4-6-7-8-9-10(5-2)11-3/h2,10-11H,4,6-9H2,1,3H3. The van der Waals surface area contributed by atoms with E-state index in [1.54, 1.807) is 0 Å². The molecule has 0 saturated carbocycles. The van der Waals surface area contributed by atoms with Crippen molar-refractivity contribution >= 4 is 0 Å². The van der Waals surface area contributed by atoms with Gasteiger partial charge < -0.3 is 5.32 Å². The van der Waals surface area contributed by atoms with Crippen molar-refractivity contribution in [2.24, 2.45) is 0 Å². The second kappa shape index (κ2) is 7.63. The summed E-state index contributed by atoms with van der Waals surface area (Å²) in [6, 6.07) is 0.284. The van der Waals surface area contributed by atoms with E-state index < -0.39 is 0 Å². The molecule has 64 valence electrons. The summed E-state index contributed by atoms with van der Waals surface area (Å²) in [6.45, 7) is 2.22. The summed E-state index contributed by atoms with van der Waals surface area (Å²) in [5, 5.41) is 3.09. The monoisotopic (exact) mass is 153 g/mol.